The lowest BCUT2D eigenvalue weighted by atomic mass is 9.75. The maximum atomic E-state index is 12.9. The van der Waals surface area contributed by atoms with Gasteiger partial charge in [0, 0.05) is 6.54 Å². The monoisotopic (exact) mass is 429 g/mol. The second kappa shape index (κ2) is 8.56. The van der Waals surface area contributed by atoms with Crippen molar-refractivity contribution < 1.29 is 23.5 Å². The molecular formula is C22H27N3O6. The average Bonchev–Trinajstić information content (AvgIpc) is 3.20. The van der Waals surface area contributed by atoms with Crippen molar-refractivity contribution in [3.8, 4) is 0 Å². The van der Waals surface area contributed by atoms with Gasteiger partial charge >= 0.3 is 17.8 Å². The van der Waals surface area contributed by atoms with Gasteiger partial charge < -0.3 is 14.5 Å². The van der Waals surface area contributed by atoms with Gasteiger partial charge in [-0.3, -0.25) is 19.1 Å². The quantitative estimate of drug-likeness (QED) is 0.411. The molecule has 4 rings (SSSR count). The highest BCUT2D eigenvalue weighted by molar-refractivity contribution is 6.08. The number of fused-ring (bicyclic) bond motifs is 1. The number of hydrogen-bond donors (Lipinski definition) is 1. The number of urea groups is 1. The van der Waals surface area contributed by atoms with Gasteiger partial charge in [0.05, 0.1) is 12.1 Å². The van der Waals surface area contributed by atoms with E-state index in [9.17, 15) is 19.2 Å². The highest BCUT2D eigenvalue weighted by Gasteiger charge is 2.52. The van der Waals surface area contributed by atoms with Crippen molar-refractivity contribution in [3.05, 3.63) is 34.8 Å². The Morgan fingerprint density at radius 2 is 1.97 bits per heavy atom. The third kappa shape index (κ3) is 4.08. The third-order valence-electron chi connectivity index (χ3n) is 6.43. The maximum absolute atomic E-state index is 12.9. The minimum Gasteiger partial charge on any atom is -0.464 e. The Morgan fingerprint density at radius 1 is 1.23 bits per heavy atom. The fourth-order valence-electron chi connectivity index (χ4n) is 4.55. The zero-order valence-corrected chi connectivity index (χ0v) is 17.6. The van der Waals surface area contributed by atoms with Crippen LogP contribution in [0.3, 0.4) is 0 Å². The molecule has 2 aromatic rings. The van der Waals surface area contributed by atoms with E-state index in [1.54, 1.807) is 18.2 Å². The molecule has 9 heteroatoms. The zero-order chi connectivity index (χ0) is 22.0. The number of amides is 3. The van der Waals surface area contributed by atoms with Gasteiger partial charge in [-0.2, -0.15) is 0 Å². The number of oxazole rings is 1. The van der Waals surface area contributed by atoms with Gasteiger partial charge in [0.1, 0.15) is 12.1 Å². The lowest BCUT2D eigenvalue weighted by Gasteiger charge is -2.34. The second-order valence-electron chi connectivity index (χ2n) is 8.32. The van der Waals surface area contributed by atoms with E-state index in [0.717, 1.165) is 24.2 Å². The Bertz CT molecular complexity index is 1050. The summed E-state index contributed by atoms with van der Waals surface area (Å²) in [6.07, 6.45) is 4.46. The topological polar surface area (TPSA) is 111 Å². The molecule has 1 spiro atoms. The Balaban J connectivity index is 1.27. The van der Waals surface area contributed by atoms with Gasteiger partial charge in [0.2, 0.25) is 0 Å². The van der Waals surface area contributed by atoms with Crippen LogP contribution >= 0.6 is 0 Å². The van der Waals surface area contributed by atoms with Gasteiger partial charge in [-0.05, 0) is 50.2 Å². The second-order valence-corrected chi connectivity index (χ2v) is 8.32. The van der Waals surface area contributed by atoms with Crippen LogP contribution in [-0.2, 0) is 20.9 Å². The number of hydrogen-bond acceptors (Lipinski definition) is 6. The first-order valence-corrected chi connectivity index (χ1v) is 10.8. The van der Waals surface area contributed by atoms with Crippen LogP contribution in [0, 0.1) is 5.92 Å². The van der Waals surface area contributed by atoms with E-state index in [-0.39, 0.29) is 12.5 Å². The van der Waals surface area contributed by atoms with Crippen molar-refractivity contribution in [3.63, 3.8) is 0 Å². The molecule has 2 fully saturated rings. The average molecular weight is 429 g/mol. The number of carbonyl (C=O) groups excluding carboxylic acids is 3. The molecule has 0 bridgehead atoms. The Kier molecular flexibility index (Phi) is 5.84. The molecular weight excluding hydrogens is 402 g/mol. The molecule has 0 unspecified atom stereocenters. The first-order valence-electron chi connectivity index (χ1n) is 10.8. The predicted molar refractivity (Wildman–Crippen MR) is 111 cm³/mol. The number of aryl methyl sites for hydroxylation is 1. The van der Waals surface area contributed by atoms with Crippen molar-refractivity contribution in [2.45, 2.75) is 57.5 Å². The maximum Gasteiger partial charge on any atom is 0.419 e. The van der Waals surface area contributed by atoms with Crippen molar-refractivity contribution in [1.82, 2.24) is 14.8 Å². The number of nitrogens with one attached hydrogen (secondary N) is 1. The Labute approximate surface area is 179 Å². The number of aromatic nitrogens is 1. The fraction of sp³-hybridized carbons (Fsp3) is 0.545. The van der Waals surface area contributed by atoms with Gasteiger partial charge in [0.15, 0.2) is 5.58 Å². The molecule has 3 amide bonds. The fourth-order valence-corrected chi connectivity index (χ4v) is 4.55. The highest BCUT2D eigenvalue weighted by atomic mass is 16.5. The van der Waals surface area contributed by atoms with Gasteiger partial charge in [0.25, 0.3) is 5.91 Å². The van der Waals surface area contributed by atoms with E-state index < -0.39 is 29.8 Å². The number of para-hydroxylation sites is 2. The number of benzene rings is 1. The molecule has 1 saturated heterocycles. The summed E-state index contributed by atoms with van der Waals surface area (Å²) in [5.74, 6) is -0.864. The molecule has 1 aromatic heterocycles. The van der Waals surface area contributed by atoms with E-state index in [4.69, 9.17) is 9.15 Å². The minimum absolute atomic E-state index is 0.0672. The number of carbonyl (C=O) groups is 3. The first-order chi connectivity index (χ1) is 14.9. The van der Waals surface area contributed by atoms with Crippen LogP contribution in [-0.4, -0.2) is 46.1 Å². The molecule has 1 saturated carbocycles. The molecule has 31 heavy (non-hydrogen) atoms. The number of rotatable bonds is 7. The smallest absolute Gasteiger partial charge is 0.419 e. The van der Waals surface area contributed by atoms with Crippen molar-refractivity contribution >= 4 is 29.0 Å². The zero-order valence-electron chi connectivity index (χ0n) is 17.6. The van der Waals surface area contributed by atoms with Crippen LogP contribution in [0.15, 0.2) is 33.5 Å². The molecule has 1 aliphatic heterocycles. The summed E-state index contributed by atoms with van der Waals surface area (Å²) in [6, 6.07) is 6.56. The molecule has 166 valence electrons. The van der Waals surface area contributed by atoms with Gasteiger partial charge in [-0.25, -0.2) is 9.59 Å². The van der Waals surface area contributed by atoms with Crippen molar-refractivity contribution in [2.75, 3.05) is 13.2 Å². The number of esters is 1. The molecule has 9 nitrogen and oxygen atoms in total. The van der Waals surface area contributed by atoms with E-state index >= 15 is 0 Å². The molecule has 2 heterocycles. The highest BCUT2D eigenvalue weighted by Crippen LogP contribution is 2.37. The van der Waals surface area contributed by atoms with E-state index in [1.165, 1.54) is 4.57 Å². The standard InChI is InChI=1S/C22H27N3O6/c1-2-15-8-10-22(11-9-15)19(27)25(20(28)23-22)14-18(26)30-13-5-12-24-16-6-3-4-7-17(16)31-21(24)29/h3-4,6-7,15H,2,5,8-14H2,1H3,(H,23,28). The summed E-state index contributed by atoms with van der Waals surface area (Å²) >= 11 is 0. The normalized spacial score (nSPS) is 23.5. The molecule has 0 radical (unpaired) electrons. The SMILES string of the molecule is CCC1CCC2(CC1)NC(=O)N(CC(=O)OCCCn1c(=O)oc3ccccc31)C2=O. The molecule has 1 aromatic carbocycles. The molecule has 1 N–H and O–H groups in total. The number of nitrogens with zero attached hydrogens (tertiary/aromatic N) is 2. The lowest BCUT2D eigenvalue weighted by molar-refractivity contribution is -0.148. The Hall–Kier alpha value is -3.10. The summed E-state index contributed by atoms with van der Waals surface area (Å²) in [5, 5.41) is 2.81. The number of imide groups is 1. The molecule has 0 atom stereocenters. The molecule has 2 aliphatic rings. The largest absolute Gasteiger partial charge is 0.464 e. The first kappa shape index (κ1) is 21.1. The van der Waals surface area contributed by atoms with E-state index in [2.05, 4.69) is 12.2 Å². The van der Waals surface area contributed by atoms with Crippen LogP contribution in [0.5, 0.6) is 0 Å². The minimum atomic E-state index is -0.869. The van der Waals surface area contributed by atoms with Crippen LogP contribution in [0.1, 0.15) is 45.4 Å². The van der Waals surface area contributed by atoms with Crippen LogP contribution < -0.4 is 11.1 Å². The van der Waals surface area contributed by atoms with Crippen molar-refractivity contribution in [1.29, 1.82) is 0 Å². The summed E-state index contributed by atoms with van der Waals surface area (Å²) in [6.45, 7) is 2.12. The van der Waals surface area contributed by atoms with E-state index in [0.29, 0.717) is 42.8 Å². The van der Waals surface area contributed by atoms with E-state index in [1.807, 2.05) is 6.07 Å². The van der Waals surface area contributed by atoms with Crippen LogP contribution in [0.25, 0.3) is 11.1 Å². The number of ether oxygens (including phenoxy) is 1. The lowest BCUT2D eigenvalue weighted by Crippen LogP contribution is -2.49. The summed E-state index contributed by atoms with van der Waals surface area (Å²) in [5.41, 5.74) is 0.318. The summed E-state index contributed by atoms with van der Waals surface area (Å²) < 4.78 is 11.9. The van der Waals surface area contributed by atoms with Gasteiger partial charge in [-0.15, -0.1) is 0 Å². The summed E-state index contributed by atoms with van der Waals surface area (Å²) in [4.78, 5) is 50.3. The van der Waals surface area contributed by atoms with Crippen LogP contribution in [0.2, 0.25) is 0 Å². The third-order valence-corrected chi connectivity index (χ3v) is 6.43. The van der Waals surface area contributed by atoms with Crippen LogP contribution in [0.4, 0.5) is 4.79 Å². The van der Waals surface area contributed by atoms with Gasteiger partial charge in [-0.1, -0.05) is 25.5 Å². The Morgan fingerprint density at radius 3 is 2.71 bits per heavy atom. The van der Waals surface area contributed by atoms with Crippen molar-refractivity contribution in [2.24, 2.45) is 5.92 Å². The molecule has 1 aliphatic carbocycles. The summed E-state index contributed by atoms with van der Waals surface area (Å²) in [7, 11) is 0. The predicted octanol–water partition coefficient (Wildman–Crippen LogP) is 2.42.